The summed E-state index contributed by atoms with van der Waals surface area (Å²) in [6.45, 7) is 2.68. The summed E-state index contributed by atoms with van der Waals surface area (Å²) in [5.74, 6) is -2.79. The van der Waals surface area contributed by atoms with Crippen LogP contribution in [0.5, 0.6) is 0 Å². The molecular weight excluding hydrogens is 929 g/mol. The molecule has 0 radical (unpaired) electrons. The van der Waals surface area contributed by atoms with Crippen LogP contribution in [-0.2, 0) is 29.6 Å². The van der Waals surface area contributed by atoms with Crippen molar-refractivity contribution in [3.63, 3.8) is 0 Å². The van der Waals surface area contributed by atoms with Crippen LogP contribution in [0.25, 0.3) is 0 Å². The maximum atomic E-state index is 14.0. The SMILES string of the molecule is CC(=O)Nc1ccc(S(=O)(=O)N2C(C(=O)c3ccccc3)C(N)=C(C#N)C2c2ccccc2)cc1.CC(=O)Nc1ccc(S(=O)(=O)N2C(N)=C(C#N)C(c3ccccc3)C2C(=O)c2ccccc2)cc1. The number of hydrogen-bond acceptors (Lipinski definition) is 12. The summed E-state index contributed by atoms with van der Waals surface area (Å²) in [4.78, 5) is 49.7. The van der Waals surface area contributed by atoms with E-state index in [2.05, 4.69) is 10.6 Å². The number of anilines is 2. The Morgan fingerprint density at radius 2 is 0.929 bits per heavy atom. The highest BCUT2D eigenvalue weighted by Gasteiger charge is 2.52. The Labute approximate surface area is 404 Å². The third-order valence-corrected chi connectivity index (χ3v) is 15.1. The zero-order valence-corrected chi connectivity index (χ0v) is 39.1. The Kier molecular flexibility index (Phi) is 14.5. The molecule has 8 rings (SSSR count). The first-order valence-electron chi connectivity index (χ1n) is 21.4. The van der Waals surface area contributed by atoms with Crippen molar-refractivity contribution in [1.29, 1.82) is 10.5 Å². The molecule has 0 fully saturated rings. The zero-order valence-electron chi connectivity index (χ0n) is 37.5. The molecule has 2 aliphatic rings. The van der Waals surface area contributed by atoms with E-state index in [9.17, 15) is 46.5 Å². The van der Waals surface area contributed by atoms with Gasteiger partial charge in [-0.05, 0) is 59.7 Å². The second kappa shape index (κ2) is 20.7. The summed E-state index contributed by atoms with van der Waals surface area (Å²) < 4.78 is 57.5. The Balaban J connectivity index is 0.000000206. The Bertz CT molecular complexity index is 3340. The molecule has 352 valence electrons. The Hall–Kier alpha value is -8.68. The average Bonchev–Trinajstić information content (AvgIpc) is 3.85. The van der Waals surface area contributed by atoms with E-state index in [0.29, 0.717) is 28.1 Å². The summed E-state index contributed by atoms with van der Waals surface area (Å²) in [6, 6.07) is 45.3. The lowest BCUT2D eigenvalue weighted by Gasteiger charge is -2.30. The van der Waals surface area contributed by atoms with E-state index in [0.717, 1.165) is 8.61 Å². The summed E-state index contributed by atoms with van der Waals surface area (Å²) in [5.41, 5.74) is 15.0. The van der Waals surface area contributed by atoms with Crippen molar-refractivity contribution in [1.82, 2.24) is 8.61 Å². The highest BCUT2D eigenvalue weighted by molar-refractivity contribution is 7.89. The molecule has 18 heteroatoms. The molecule has 6 aromatic rings. The van der Waals surface area contributed by atoms with Gasteiger partial charge in [-0.1, -0.05) is 121 Å². The number of hydrogen-bond donors (Lipinski definition) is 4. The van der Waals surface area contributed by atoms with Crippen molar-refractivity contribution < 1.29 is 36.0 Å². The van der Waals surface area contributed by atoms with Gasteiger partial charge in [0.05, 0.1) is 50.7 Å². The molecular formula is C52H44N8O8S2. The minimum atomic E-state index is -4.35. The van der Waals surface area contributed by atoms with E-state index >= 15 is 0 Å². The van der Waals surface area contributed by atoms with Gasteiger partial charge in [0.25, 0.3) is 10.0 Å². The van der Waals surface area contributed by atoms with E-state index in [4.69, 9.17) is 11.5 Å². The molecule has 4 atom stereocenters. The quantitative estimate of drug-likeness (QED) is 0.0927. The number of carbonyl (C=O) groups excluding carboxylic acids is 4. The average molecular weight is 973 g/mol. The van der Waals surface area contributed by atoms with Crippen molar-refractivity contribution >= 4 is 54.8 Å². The molecule has 4 unspecified atom stereocenters. The minimum Gasteiger partial charge on any atom is -0.399 e. The lowest BCUT2D eigenvalue weighted by molar-refractivity contribution is -0.115. The molecule has 16 nitrogen and oxygen atoms in total. The van der Waals surface area contributed by atoms with E-state index in [1.807, 2.05) is 12.1 Å². The van der Waals surface area contributed by atoms with Gasteiger partial charge in [-0.15, -0.1) is 0 Å². The molecule has 6 aromatic carbocycles. The number of nitrogens with zero attached hydrogens (tertiary/aromatic N) is 4. The maximum Gasteiger partial charge on any atom is 0.266 e. The summed E-state index contributed by atoms with van der Waals surface area (Å²) in [7, 11) is -8.69. The van der Waals surface area contributed by atoms with Gasteiger partial charge in [0.2, 0.25) is 21.8 Å². The largest absolute Gasteiger partial charge is 0.399 e. The fourth-order valence-corrected chi connectivity index (χ4v) is 11.6. The first kappa shape index (κ1) is 49.2. The monoisotopic (exact) mass is 972 g/mol. The van der Waals surface area contributed by atoms with Crippen molar-refractivity contribution in [2.45, 2.75) is 47.7 Å². The molecule has 0 aliphatic carbocycles. The van der Waals surface area contributed by atoms with Gasteiger partial charge in [0.1, 0.15) is 17.9 Å². The highest BCUT2D eigenvalue weighted by Crippen LogP contribution is 2.45. The Morgan fingerprint density at radius 3 is 1.36 bits per heavy atom. The van der Waals surface area contributed by atoms with E-state index in [-0.39, 0.29) is 49.8 Å². The first-order chi connectivity index (χ1) is 33.5. The summed E-state index contributed by atoms with van der Waals surface area (Å²) >= 11 is 0. The van der Waals surface area contributed by atoms with Gasteiger partial charge in [-0.2, -0.15) is 14.8 Å². The van der Waals surface area contributed by atoms with E-state index in [1.165, 1.54) is 62.4 Å². The molecule has 2 aliphatic heterocycles. The number of rotatable bonds is 12. The molecule has 0 spiro atoms. The van der Waals surface area contributed by atoms with Crippen molar-refractivity contribution in [3.8, 4) is 12.1 Å². The molecule has 70 heavy (non-hydrogen) atoms. The van der Waals surface area contributed by atoms with Crippen LogP contribution in [-0.4, -0.2) is 60.9 Å². The maximum absolute atomic E-state index is 14.0. The molecule has 2 heterocycles. The minimum absolute atomic E-state index is 0.00363. The second-order valence-corrected chi connectivity index (χ2v) is 19.6. The number of ketones is 2. The second-order valence-electron chi connectivity index (χ2n) is 15.9. The predicted octanol–water partition coefficient (Wildman–Crippen LogP) is 6.76. The summed E-state index contributed by atoms with van der Waals surface area (Å²) in [6.07, 6.45) is 0. The van der Waals surface area contributed by atoms with Crippen LogP contribution in [0.4, 0.5) is 11.4 Å². The number of nitrogens with one attached hydrogen (secondary N) is 2. The van der Waals surface area contributed by atoms with Gasteiger partial charge in [-0.25, -0.2) is 21.1 Å². The van der Waals surface area contributed by atoms with Crippen LogP contribution in [0.3, 0.4) is 0 Å². The fourth-order valence-electron chi connectivity index (χ4n) is 8.32. The van der Waals surface area contributed by atoms with Gasteiger partial charge in [0, 0.05) is 36.3 Å². The molecule has 0 aromatic heterocycles. The lowest BCUT2D eigenvalue weighted by Crippen LogP contribution is -2.45. The normalized spacial score (nSPS) is 17.9. The molecule has 6 N–H and O–H groups in total. The molecule has 0 saturated carbocycles. The van der Waals surface area contributed by atoms with Gasteiger partial charge < -0.3 is 22.1 Å². The standard InChI is InChI=1S/2C26H22N4O4S/c1-17(31)29-20-12-14-21(15-13-20)35(33,34)30-24(18-8-4-2-5-9-18)22(16-27)23(28)25(30)26(32)19-10-6-3-7-11-19;1-17(31)29-20-12-14-21(15-13-20)35(33,34)30-24(25(32)19-10-6-3-7-11-19)23(22(16-27)26(30)28)18-8-4-2-5-9-18/h2-15,24-25H,28H2,1H3,(H,29,31);2-15,23-24H,28H2,1H3,(H,29,31). The van der Waals surface area contributed by atoms with Crippen LogP contribution in [0.2, 0.25) is 0 Å². The highest BCUT2D eigenvalue weighted by atomic mass is 32.2. The van der Waals surface area contributed by atoms with Crippen LogP contribution in [0.1, 0.15) is 57.7 Å². The molecule has 0 bridgehead atoms. The number of nitriles is 2. The van der Waals surface area contributed by atoms with Gasteiger partial charge >= 0.3 is 0 Å². The Morgan fingerprint density at radius 1 is 0.529 bits per heavy atom. The zero-order chi connectivity index (χ0) is 50.3. The third kappa shape index (κ3) is 9.82. The number of nitrogens with two attached hydrogens (primary N) is 2. The van der Waals surface area contributed by atoms with Gasteiger partial charge in [0.15, 0.2) is 11.6 Å². The lowest BCUT2D eigenvalue weighted by atomic mass is 9.84. The predicted molar refractivity (Wildman–Crippen MR) is 261 cm³/mol. The van der Waals surface area contributed by atoms with E-state index in [1.54, 1.807) is 121 Å². The van der Waals surface area contributed by atoms with Gasteiger partial charge in [-0.3, -0.25) is 19.2 Å². The number of benzene rings is 6. The van der Waals surface area contributed by atoms with Crippen LogP contribution < -0.4 is 22.1 Å². The fraction of sp³-hybridized carbons (Fsp3) is 0.115. The molecule has 0 saturated heterocycles. The first-order valence-corrected chi connectivity index (χ1v) is 24.3. The van der Waals surface area contributed by atoms with Crippen LogP contribution in [0.15, 0.2) is 202 Å². The molecule has 2 amide bonds. The van der Waals surface area contributed by atoms with Crippen LogP contribution >= 0.6 is 0 Å². The van der Waals surface area contributed by atoms with Crippen molar-refractivity contribution in [2.24, 2.45) is 11.5 Å². The summed E-state index contributed by atoms with van der Waals surface area (Å²) in [5, 5.41) is 25.1. The third-order valence-electron chi connectivity index (χ3n) is 11.4. The number of carbonyl (C=O) groups is 4. The topological polar surface area (TPSA) is 267 Å². The number of Topliss-reactive ketones (excluding diaryl/α,β-unsaturated/α-hetero) is 2. The van der Waals surface area contributed by atoms with Crippen LogP contribution in [0, 0.1) is 22.7 Å². The van der Waals surface area contributed by atoms with Crippen molar-refractivity contribution in [2.75, 3.05) is 10.6 Å². The smallest absolute Gasteiger partial charge is 0.266 e. The number of amides is 2. The van der Waals surface area contributed by atoms with E-state index < -0.39 is 55.7 Å². The number of sulfonamides is 2. The van der Waals surface area contributed by atoms with Crippen molar-refractivity contribution in [3.05, 3.63) is 215 Å².